The van der Waals surface area contributed by atoms with Gasteiger partial charge < -0.3 is 9.32 Å². The molecule has 1 aromatic carbocycles. The molecule has 30 heavy (non-hydrogen) atoms. The molecule has 0 bridgehead atoms. The van der Waals surface area contributed by atoms with Crippen molar-refractivity contribution in [2.45, 2.75) is 18.9 Å². The van der Waals surface area contributed by atoms with Gasteiger partial charge in [-0.3, -0.25) is 4.79 Å². The van der Waals surface area contributed by atoms with Gasteiger partial charge in [-0.15, -0.1) is 16.4 Å². The second kappa shape index (κ2) is 8.08. The molecule has 0 radical (unpaired) electrons. The Hall–Kier alpha value is -3.52. The average Bonchev–Trinajstić information content (AvgIpc) is 3.58. The van der Waals surface area contributed by atoms with E-state index in [0.29, 0.717) is 23.8 Å². The van der Waals surface area contributed by atoms with Crippen molar-refractivity contribution >= 4 is 29.0 Å². The molecule has 8 heteroatoms. The highest BCUT2D eigenvalue weighted by molar-refractivity contribution is 7.10. The first-order valence-corrected chi connectivity index (χ1v) is 10.6. The first kappa shape index (κ1) is 18.5. The molecular formula is C22H19N5O2S. The Kier molecular flexibility index (Phi) is 4.98. The van der Waals surface area contributed by atoms with Gasteiger partial charge >= 0.3 is 0 Å². The molecule has 1 aliphatic heterocycles. The topological polar surface area (TPSA) is 77.0 Å². The third-order valence-electron chi connectivity index (χ3n) is 5.16. The van der Waals surface area contributed by atoms with Gasteiger partial charge in [0.2, 0.25) is 0 Å². The number of hydrogen-bond donors (Lipinski definition) is 0. The standard InChI is InChI=1S/C22H19N5O2S/c28-22(26-12-4-10-18(26)20-11-6-14-30-20)19(15-17-9-5-13-29-17)27-21(23-24-25-27)16-7-2-1-3-8-16/h1-3,5-9,11,13-15,18H,4,10,12H2/b19-15-/t18-/m1/s1. The molecule has 7 nitrogen and oxygen atoms in total. The van der Waals surface area contributed by atoms with Crippen LogP contribution in [0.4, 0.5) is 0 Å². The van der Waals surface area contributed by atoms with E-state index in [4.69, 9.17) is 4.42 Å². The van der Waals surface area contributed by atoms with E-state index in [0.717, 1.165) is 18.4 Å². The lowest BCUT2D eigenvalue weighted by atomic mass is 10.1. The molecule has 4 heterocycles. The number of nitrogens with zero attached hydrogens (tertiary/aromatic N) is 5. The maximum atomic E-state index is 13.8. The van der Waals surface area contributed by atoms with Crippen LogP contribution in [0.3, 0.4) is 0 Å². The van der Waals surface area contributed by atoms with Crippen LogP contribution in [-0.2, 0) is 4.79 Å². The van der Waals surface area contributed by atoms with E-state index in [-0.39, 0.29) is 11.9 Å². The summed E-state index contributed by atoms with van der Waals surface area (Å²) in [6.07, 6.45) is 5.19. The van der Waals surface area contributed by atoms with Gasteiger partial charge in [-0.25, -0.2) is 0 Å². The third kappa shape index (κ3) is 3.46. The zero-order valence-corrected chi connectivity index (χ0v) is 16.9. The molecule has 0 N–H and O–H groups in total. The number of aromatic nitrogens is 4. The van der Waals surface area contributed by atoms with Crippen LogP contribution in [-0.4, -0.2) is 37.6 Å². The summed E-state index contributed by atoms with van der Waals surface area (Å²) in [5.74, 6) is 0.958. The fourth-order valence-corrected chi connectivity index (χ4v) is 4.65. The van der Waals surface area contributed by atoms with Gasteiger partial charge in [0.15, 0.2) is 5.82 Å². The first-order chi connectivity index (χ1) is 14.8. The largest absolute Gasteiger partial charge is 0.465 e. The van der Waals surface area contributed by atoms with Gasteiger partial charge in [0, 0.05) is 23.1 Å². The normalized spacial score (nSPS) is 16.9. The molecule has 4 aromatic rings. The zero-order chi connectivity index (χ0) is 20.3. The minimum Gasteiger partial charge on any atom is -0.465 e. The summed E-state index contributed by atoms with van der Waals surface area (Å²) in [5.41, 5.74) is 1.19. The van der Waals surface area contributed by atoms with E-state index in [1.54, 1.807) is 35.8 Å². The van der Waals surface area contributed by atoms with Gasteiger partial charge in [-0.2, -0.15) is 4.68 Å². The Morgan fingerprint density at radius 1 is 1.13 bits per heavy atom. The van der Waals surface area contributed by atoms with E-state index in [2.05, 4.69) is 21.6 Å². The van der Waals surface area contributed by atoms with Crippen LogP contribution >= 0.6 is 11.3 Å². The summed E-state index contributed by atoms with van der Waals surface area (Å²) < 4.78 is 7.00. The fraction of sp³-hybridized carbons (Fsp3) is 0.182. The maximum Gasteiger partial charge on any atom is 0.273 e. The predicted molar refractivity (Wildman–Crippen MR) is 114 cm³/mol. The number of rotatable bonds is 5. The lowest BCUT2D eigenvalue weighted by molar-refractivity contribution is -0.126. The summed E-state index contributed by atoms with van der Waals surface area (Å²) in [6.45, 7) is 0.694. The molecule has 0 unspecified atom stereocenters. The number of hydrogen-bond acceptors (Lipinski definition) is 6. The third-order valence-corrected chi connectivity index (χ3v) is 6.13. The van der Waals surface area contributed by atoms with Crippen molar-refractivity contribution in [2.24, 2.45) is 0 Å². The van der Waals surface area contributed by atoms with Crippen LogP contribution in [0.25, 0.3) is 23.2 Å². The summed E-state index contributed by atoms with van der Waals surface area (Å²) >= 11 is 1.68. The predicted octanol–water partition coefficient (Wildman–Crippen LogP) is 4.36. The Morgan fingerprint density at radius 3 is 2.80 bits per heavy atom. The second-order valence-electron chi connectivity index (χ2n) is 7.00. The summed E-state index contributed by atoms with van der Waals surface area (Å²) in [7, 11) is 0. The van der Waals surface area contributed by atoms with Crippen LogP contribution < -0.4 is 0 Å². The maximum absolute atomic E-state index is 13.8. The minimum absolute atomic E-state index is 0.0640. The average molecular weight is 417 g/mol. The molecule has 1 fully saturated rings. The highest BCUT2D eigenvalue weighted by Gasteiger charge is 2.34. The lowest BCUT2D eigenvalue weighted by Crippen LogP contribution is -2.32. The van der Waals surface area contributed by atoms with Crippen molar-refractivity contribution in [1.29, 1.82) is 0 Å². The molecular weight excluding hydrogens is 398 g/mol. The van der Waals surface area contributed by atoms with Crippen LogP contribution in [0.5, 0.6) is 0 Å². The number of thiophene rings is 1. The Balaban J connectivity index is 1.58. The van der Waals surface area contributed by atoms with E-state index in [9.17, 15) is 4.79 Å². The lowest BCUT2D eigenvalue weighted by Gasteiger charge is -2.25. The van der Waals surface area contributed by atoms with Gasteiger partial charge in [0.1, 0.15) is 11.5 Å². The van der Waals surface area contributed by atoms with Crippen molar-refractivity contribution in [2.75, 3.05) is 6.54 Å². The first-order valence-electron chi connectivity index (χ1n) is 9.75. The van der Waals surface area contributed by atoms with Crippen molar-refractivity contribution in [3.8, 4) is 11.4 Å². The minimum atomic E-state index is -0.119. The van der Waals surface area contributed by atoms with Crippen molar-refractivity contribution in [3.63, 3.8) is 0 Å². The Bertz CT molecular complexity index is 1150. The molecule has 0 spiro atoms. The summed E-state index contributed by atoms with van der Waals surface area (Å²) in [5, 5.41) is 14.2. The van der Waals surface area contributed by atoms with Crippen LogP contribution in [0.2, 0.25) is 0 Å². The van der Waals surface area contributed by atoms with Crippen molar-refractivity contribution < 1.29 is 9.21 Å². The van der Waals surface area contributed by atoms with Gasteiger partial charge in [0.05, 0.1) is 12.3 Å². The molecule has 0 saturated carbocycles. The number of carbonyl (C=O) groups excluding carboxylic acids is 1. The fourth-order valence-electron chi connectivity index (χ4n) is 3.77. The Morgan fingerprint density at radius 2 is 2.03 bits per heavy atom. The number of likely N-dealkylation sites (tertiary alicyclic amines) is 1. The quantitative estimate of drug-likeness (QED) is 0.451. The molecule has 5 rings (SSSR count). The molecule has 1 amide bonds. The molecule has 1 aliphatic rings. The summed E-state index contributed by atoms with van der Waals surface area (Å²) in [4.78, 5) is 16.9. The number of amides is 1. The van der Waals surface area contributed by atoms with Crippen molar-refractivity contribution in [3.05, 3.63) is 76.9 Å². The molecule has 3 aromatic heterocycles. The monoisotopic (exact) mass is 417 g/mol. The van der Waals surface area contributed by atoms with Crippen LogP contribution in [0.1, 0.15) is 29.5 Å². The molecule has 1 saturated heterocycles. The van der Waals surface area contributed by atoms with Gasteiger partial charge in [-0.1, -0.05) is 36.4 Å². The number of benzene rings is 1. The SMILES string of the molecule is O=C(/C(=C/c1ccco1)n1nnnc1-c1ccccc1)N1CCC[C@@H]1c1cccs1. The van der Waals surface area contributed by atoms with E-state index < -0.39 is 0 Å². The smallest absolute Gasteiger partial charge is 0.273 e. The highest BCUT2D eigenvalue weighted by Crippen LogP contribution is 2.36. The molecule has 1 atom stereocenters. The molecule has 150 valence electrons. The van der Waals surface area contributed by atoms with Crippen LogP contribution in [0, 0.1) is 0 Å². The number of carbonyl (C=O) groups is 1. The highest BCUT2D eigenvalue weighted by atomic mass is 32.1. The summed E-state index contributed by atoms with van der Waals surface area (Å²) in [6, 6.07) is 17.4. The van der Waals surface area contributed by atoms with Gasteiger partial charge in [0.25, 0.3) is 5.91 Å². The van der Waals surface area contributed by atoms with Crippen molar-refractivity contribution in [1.82, 2.24) is 25.1 Å². The second-order valence-corrected chi connectivity index (χ2v) is 7.98. The number of furan rings is 1. The van der Waals surface area contributed by atoms with E-state index >= 15 is 0 Å². The van der Waals surface area contributed by atoms with Gasteiger partial charge in [-0.05, 0) is 46.8 Å². The Labute approximate surface area is 177 Å². The number of tetrazole rings is 1. The van der Waals surface area contributed by atoms with Crippen LogP contribution in [0.15, 0.2) is 70.7 Å². The van der Waals surface area contributed by atoms with E-state index in [1.807, 2.05) is 46.7 Å². The van der Waals surface area contributed by atoms with E-state index in [1.165, 1.54) is 9.56 Å². The molecule has 0 aliphatic carbocycles. The zero-order valence-electron chi connectivity index (χ0n) is 16.1.